The fraction of sp³-hybridized carbons (Fsp3) is 0.125. The van der Waals surface area contributed by atoms with E-state index in [1.807, 2.05) is 0 Å². The van der Waals surface area contributed by atoms with Crippen LogP contribution in [0.1, 0.15) is 11.1 Å². The zero-order chi connectivity index (χ0) is 9.47. The van der Waals surface area contributed by atoms with Crippen molar-refractivity contribution in [3.05, 3.63) is 29.3 Å². The van der Waals surface area contributed by atoms with E-state index in [4.69, 9.17) is 5.14 Å². The van der Waals surface area contributed by atoms with E-state index in [-0.39, 0.29) is 4.90 Å². The average molecular weight is 196 g/mol. The van der Waals surface area contributed by atoms with Gasteiger partial charge >= 0.3 is 0 Å². The molecule has 0 bridgehead atoms. The Kier molecular flexibility index (Phi) is 1.71. The van der Waals surface area contributed by atoms with Gasteiger partial charge in [-0.25, -0.2) is 13.6 Å². The topological polar surface area (TPSA) is 72.5 Å². The monoisotopic (exact) mass is 196 g/mol. The van der Waals surface area contributed by atoms with E-state index in [2.05, 4.69) is 4.99 Å². The molecule has 0 aromatic heterocycles. The van der Waals surface area contributed by atoms with Crippen LogP contribution in [0.25, 0.3) is 0 Å². The minimum Gasteiger partial charge on any atom is -0.288 e. The molecule has 1 aromatic carbocycles. The van der Waals surface area contributed by atoms with Gasteiger partial charge in [-0.15, -0.1) is 0 Å². The van der Waals surface area contributed by atoms with Crippen molar-refractivity contribution in [3.63, 3.8) is 0 Å². The molecule has 68 valence electrons. The van der Waals surface area contributed by atoms with Gasteiger partial charge in [0.15, 0.2) is 0 Å². The summed E-state index contributed by atoms with van der Waals surface area (Å²) in [7, 11) is -3.59. The molecule has 5 heteroatoms. The van der Waals surface area contributed by atoms with Crippen molar-refractivity contribution in [1.82, 2.24) is 0 Å². The van der Waals surface area contributed by atoms with Crippen molar-refractivity contribution >= 4 is 16.2 Å². The molecular weight excluding hydrogens is 188 g/mol. The average Bonchev–Trinajstić information content (AvgIpc) is 2.47. The van der Waals surface area contributed by atoms with E-state index in [0.717, 1.165) is 11.1 Å². The number of fused-ring (bicyclic) bond motifs is 1. The first-order chi connectivity index (χ1) is 6.07. The summed E-state index contributed by atoms with van der Waals surface area (Å²) in [5.74, 6) is 0. The third-order valence-electron chi connectivity index (χ3n) is 1.94. The lowest BCUT2D eigenvalue weighted by Crippen LogP contribution is -2.12. The van der Waals surface area contributed by atoms with Crippen molar-refractivity contribution in [2.75, 3.05) is 0 Å². The number of hydrogen-bond acceptors (Lipinski definition) is 3. The summed E-state index contributed by atoms with van der Waals surface area (Å²) < 4.78 is 21.9. The van der Waals surface area contributed by atoms with Gasteiger partial charge in [0.25, 0.3) is 0 Å². The molecule has 0 saturated heterocycles. The maximum atomic E-state index is 11.0. The fourth-order valence-electron chi connectivity index (χ4n) is 1.26. The van der Waals surface area contributed by atoms with Crippen LogP contribution in [0.2, 0.25) is 0 Å². The molecule has 0 amide bonds. The Hall–Kier alpha value is -1.20. The molecule has 1 aromatic rings. The fourth-order valence-corrected chi connectivity index (χ4v) is 1.81. The van der Waals surface area contributed by atoms with Crippen molar-refractivity contribution in [1.29, 1.82) is 0 Å². The van der Waals surface area contributed by atoms with Crippen LogP contribution in [0, 0.1) is 0 Å². The Morgan fingerprint density at radius 3 is 2.85 bits per heavy atom. The molecule has 13 heavy (non-hydrogen) atoms. The number of nitrogens with zero attached hydrogens (tertiary/aromatic N) is 1. The predicted molar refractivity (Wildman–Crippen MR) is 49.1 cm³/mol. The molecule has 4 nitrogen and oxygen atoms in total. The normalized spacial score (nSPS) is 14.5. The van der Waals surface area contributed by atoms with Gasteiger partial charge in [-0.05, 0) is 23.3 Å². The zero-order valence-corrected chi connectivity index (χ0v) is 7.58. The van der Waals surface area contributed by atoms with Crippen molar-refractivity contribution < 1.29 is 8.42 Å². The van der Waals surface area contributed by atoms with Gasteiger partial charge in [0.05, 0.1) is 11.4 Å². The van der Waals surface area contributed by atoms with Gasteiger partial charge in [0, 0.05) is 6.21 Å². The highest BCUT2D eigenvalue weighted by Gasteiger charge is 2.12. The molecule has 0 saturated carbocycles. The summed E-state index contributed by atoms with van der Waals surface area (Å²) in [5, 5.41) is 4.98. The van der Waals surface area contributed by atoms with Crippen LogP contribution in [-0.4, -0.2) is 14.6 Å². The maximum absolute atomic E-state index is 11.0. The second kappa shape index (κ2) is 2.65. The maximum Gasteiger partial charge on any atom is 0.238 e. The van der Waals surface area contributed by atoms with Crippen LogP contribution in [0.4, 0.5) is 0 Å². The quantitative estimate of drug-likeness (QED) is 0.700. The van der Waals surface area contributed by atoms with Crippen LogP contribution in [-0.2, 0) is 16.6 Å². The number of nitrogens with two attached hydrogens (primary N) is 1. The first-order valence-corrected chi connectivity index (χ1v) is 5.27. The Bertz CT molecular complexity index is 477. The summed E-state index contributed by atoms with van der Waals surface area (Å²) in [6, 6.07) is 4.78. The number of primary sulfonamides is 1. The summed E-state index contributed by atoms with van der Waals surface area (Å²) in [4.78, 5) is 4.15. The standard InChI is InChI=1S/C8H8N2O2S/c9-13(11,12)8-2-1-6-4-10-5-7(6)3-8/h1-3,5H,4H2,(H2,9,11,12). The highest BCUT2D eigenvalue weighted by Crippen LogP contribution is 2.18. The number of hydrogen-bond donors (Lipinski definition) is 1. The van der Waals surface area contributed by atoms with E-state index in [0.29, 0.717) is 6.54 Å². The van der Waals surface area contributed by atoms with Crippen LogP contribution in [0.5, 0.6) is 0 Å². The molecule has 0 radical (unpaired) electrons. The highest BCUT2D eigenvalue weighted by atomic mass is 32.2. The Balaban J connectivity index is 2.59. The van der Waals surface area contributed by atoms with Crippen LogP contribution in [0.3, 0.4) is 0 Å². The second-order valence-electron chi connectivity index (χ2n) is 2.88. The van der Waals surface area contributed by atoms with Crippen molar-refractivity contribution in [3.8, 4) is 0 Å². The lowest BCUT2D eigenvalue weighted by Gasteiger charge is -2.00. The van der Waals surface area contributed by atoms with Crippen molar-refractivity contribution in [2.45, 2.75) is 11.4 Å². The Morgan fingerprint density at radius 2 is 2.15 bits per heavy atom. The highest BCUT2D eigenvalue weighted by molar-refractivity contribution is 7.89. The molecule has 0 spiro atoms. The third-order valence-corrected chi connectivity index (χ3v) is 2.85. The van der Waals surface area contributed by atoms with E-state index in [1.165, 1.54) is 6.07 Å². The molecule has 0 fully saturated rings. The van der Waals surface area contributed by atoms with Gasteiger partial charge in [-0.3, -0.25) is 4.99 Å². The van der Waals surface area contributed by atoms with E-state index in [1.54, 1.807) is 18.3 Å². The van der Waals surface area contributed by atoms with Gasteiger partial charge in [-0.1, -0.05) is 6.07 Å². The van der Waals surface area contributed by atoms with Crippen LogP contribution in [0.15, 0.2) is 28.1 Å². The summed E-state index contributed by atoms with van der Waals surface area (Å²) >= 11 is 0. The van der Waals surface area contributed by atoms with E-state index < -0.39 is 10.0 Å². The molecule has 0 aliphatic carbocycles. The zero-order valence-electron chi connectivity index (χ0n) is 6.77. The minimum atomic E-state index is -3.59. The van der Waals surface area contributed by atoms with Crippen LogP contribution >= 0.6 is 0 Å². The van der Waals surface area contributed by atoms with E-state index >= 15 is 0 Å². The molecule has 2 N–H and O–H groups in total. The van der Waals surface area contributed by atoms with Crippen molar-refractivity contribution in [2.24, 2.45) is 10.1 Å². The van der Waals surface area contributed by atoms with Gasteiger partial charge in [0.2, 0.25) is 10.0 Å². The molecule has 1 aliphatic heterocycles. The SMILES string of the molecule is NS(=O)(=O)c1ccc2c(c1)C=NC2. The van der Waals surface area contributed by atoms with E-state index in [9.17, 15) is 8.42 Å². The molecule has 1 heterocycles. The Morgan fingerprint density at radius 1 is 1.38 bits per heavy atom. The Labute approximate surface area is 76.2 Å². The van der Waals surface area contributed by atoms with Gasteiger partial charge in [0.1, 0.15) is 0 Å². The first-order valence-electron chi connectivity index (χ1n) is 3.73. The molecular formula is C8H8N2O2S. The lowest BCUT2D eigenvalue weighted by molar-refractivity contribution is 0.598. The number of rotatable bonds is 1. The molecule has 2 rings (SSSR count). The summed E-state index contributed by atoms with van der Waals surface area (Å²) in [6.07, 6.45) is 1.66. The minimum absolute atomic E-state index is 0.139. The lowest BCUT2D eigenvalue weighted by atomic mass is 10.1. The molecule has 1 aliphatic rings. The van der Waals surface area contributed by atoms with Gasteiger partial charge in [-0.2, -0.15) is 0 Å². The number of benzene rings is 1. The third kappa shape index (κ3) is 1.48. The van der Waals surface area contributed by atoms with Crippen LogP contribution < -0.4 is 5.14 Å². The second-order valence-corrected chi connectivity index (χ2v) is 4.44. The number of aliphatic imine (C=N–C) groups is 1. The summed E-state index contributed by atoms with van der Waals surface area (Å²) in [6.45, 7) is 0.625. The van der Waals surface area contributed by atoms with Gasteiger partial charge < -0.3 is 0 Å². The smallest absolute Gasteiger partial charge is 0.238 e. The largest absolute Gasteiger partial charge is 0.288 e. The first kappa shape index (κ1) is 8.40. The number of sulfonamides is 1. The molecule has 0 unspecified atom stereocenters. The molecule has 0 atom stereocenters. The summed E-state index contributed by atoms with van der Waals surface area (Å²) in [5.41, 5.74) is 1.87. The predicted octanol–water partition coefficient (Wildman–Crippen LogP) is 0.267.